The van der Waals surface area contributed by atoms with Crippen molar-refractivity contribution in [1.29, 1.82) is 0 Å². The molecule has 92 valence electrons. The first-order chi connectivity index (χ1) is 8.83. The van der Waals surface area contributed by atoms with Gasteiger partial charge in [-0.15, -0.1) is 0 Å². The van der Waals surface area contributed by atoms with Gasteiger partial charge in [0.25, 0.3) is 5.91 Å². The van der Waals surface area contributed by atoms with Gasteiger partial charge >= 0.3 is 0 Å². The van der Waals surface area contributed by atoms with Gasteiger partial charge < -0.3 is 5.32 Å². The van der Waals surface area contributed by atoms with Crippen LogP contribution in [-0.4, -0.2) is 16.7 Å². The van der Waals surface area contributed by atoms with E-state index in [1.54, 1.807) is 18.5 Å². The number of nitrogens with zero attached hydrogens (tertiary/aromatic N) is 2. The van der Waals surface area contributed by atoms with E-state index in [2.05, 4.69) is 15.3 Å². The van der Waals surface area contributed by atoms with Crippen LogP contribution in [0.25, 0.3) is 6.08 Å². The third-order valence-corrected chi connectivity index (χ3v) is 3.44. The highest BCUT2D eigenvalue weighted by molar-refractivity contribution is 6.15. The number of nitrogens with one attached hydrogen (secondary N) is 1. The van der Waals surface area contributed by atoms with E-state index in [0.29, 0.717) is 11.6 Å². The number of pyridine rings is 1. The SMILES string of the molecule is O=C1NC(C2CCCC2)=N/C1=C/c1cccnc1. The van der Waals surface area contributed by atoms with E-state index in [0.717, 1.165) is 24.2 Å². The van der Waals surface area contributed by atoms with Crippen molar-refractivity contribution in [3.05, 3.63) is 35.8 Å². The van der Waals surface area contributed by atoms with Gasteiger partial charge in [-0.05, 0) is 30.5 Å². The van der Waals surface area contributed by atoms with Crippen molar-refractivity contribution in [2.45, 2.75) is 25.7 Å². The number of amidine groups is 1. The molecule has 18 heavy (non-hydrogen) atoms. The zero-order valence-corrected chi connectivity index (χ0v) is 10.1. The van der Waals surface area contributed by atoms with E-state index in [9.17, 15) is 4.79 Å². The lowest BCUT2D eigenvalue weighted by molar-refractivity contribution is -0.115. The van der Waals surface area contributed by atoms with E-state index in [1.165, 1.54) is 12.8 Å². The number of amides is 1. The smallest absolute Gasteiger partial charge is 0.275 e. The van der Waals surface area contributed by atoms with Crippen LogP contribution >= 0.6 is 0 Å². The second-order valence-electron chi connectivity index (χ2n) is 4.75. The minimum atomic E-state index is -0.0965. The summed E-state index contributed by atoms with van der Waals surface area (Å²) in [7, 11) is 0. The van der Waals surface area contributed by atoms with Crippen LogP contribution in [0.5, 0.6) is 0 Å². The molecular formula is C14H15N3O. The topological polar surface area (TPSA) is 54.4 Å². The quantitative estimate of drug-likeness (QED) is 0.806. The standard InChI is InChI=1S/C14H15N3O/c18-14-12(8-10-4-3-7-15-9-10)16-13(17-14)11-5-1-2-6-11/h3-4,7-9,11H,1-2,5-6H2,(H,16,17,18)/b12-8+. The summed E-state index contributed by atoms with van der Waals surface area (Å²) >= 11 is 0. The molecule has 1 N–H and O–H groups in total. The van der Waals surface area contributed by atoms with Crippen LogP contribution in [0.3, 0.4) is 0 Å². The molecule has 4 heteroatoms. The molecule has 0 saturated heterocycles. The number of carbonyl (C=O) groups excluding carboxylic acids is 1. The summed E-state index contributed by atoms with van der Waals surface area (Å²) in [5, 5.41) is 2.89. The van der Waals surface area contributed by atoms with Gasteiger partial charge in [0.15, 0.2) is 0 Å². The summed E-state index contributed by atoms with van der Waals surface area (Å²) < 4.78 is 0. The number of hydrogen-bond donors (Lipinski definition) is 1. The number of hydrogen-bond acceptors (Lipinski definition) is 3. The van der Waals surface area contributed by atoms with Gasteiger partial charge in [-0.3, -0.25) is 9.78 Å². The van der Waals surface area contributed by atoms with Crippen molar-refractivity contribution in [3.63, 3.8) is 0 Å². The molecule has 1 aromatic rings. The Bertz CT molecular complexity index is 513. The summed E-state index contributed by atoms with van der Waals surface area (Å²) in [6, 6.07) is 3.76. The fourth-order valence-electron chi connectivity index (χ4n) is 2.50. The molecule has 1 amide bonds. The van der Waals surface area contributed by atoms with Crippen molar-refractivity contribution in [3.8, 4) is 0 Å². The Balaban J connectivity index is 1.84. The Morgan fingerprint density at radius 2 is 2.17 bits per heavy atom. The maximum atomic E-state index is 11.8. The Hall–Kier alpha value is -1.97. The van der Waals surface area contributed by atoms with Gasteiger partial charge in [-0.25, -0.2) is 4.99 Å². The number of aromatic nitrogens is 1. The van der Waals surface area contributed by atoms with E-state index in [1.807, 2.05) is 12.1 Å². The predicted molar refractivity (Wildman–Crippen MR) is 69.7 cm³/mol. The minimum absolute atomic E-state index is 0.0965. The molecule has 0 atom stereocenters. The van der Waals surface area contributed by atoms with E-state index in [-0.39, 0.29) is 5.91 Å². The molecule has 1 saturated carbocycles. The van der Waals surface area contributed by atoms with Gasteiger partial charge in [0.2, 0.25) is 0 Å². The Morgan fingerprint density at radius 3 is 2.89 bits per heavy atom. The maximum absolute atomic E-state index is 11.8. The third-order valence-electron chi connectivity index (χ3n) is 3.44. The highest BCUT2D eigenvalue weighted by atomic mass is 16.2. The van der Waals surface area contributed by atoms with Crippen molar-refractivity contribution in [2.24, 2.45) is 10.9 Å². The lowest BCUT2D eigenvalue weighted by Crippen LogP contribution is -2.29. The van der Waals surface area contributed by atoms with Gasteiger partial charge in [0, 0.05) is 18.3 Å². The average Bonchev–Trinajstić information content (AvgIpc) is 3.01. The Labute approximate surface area is 106 Å². The molecule has 0 aromatic carbocycles. The Morgan fingerprint density at radius 1 is 1.33 bits per heavy atom. The van der Waals surface area contributed by atoms with Crippen LogP contribution in [0.15, 0.2) is 35.2 Å². The normalized spacial score (nSPS) is 22.3. The van der Waals surface area contributed by atoms with E-state index in [4.69, 9.17) is 0 Å². The van der Waals surface area contributed by atoms with Gasteiger partial charge in [0.05, 0.1) is 0 Å². The lowest BCUT2D eigenvalue weighted by Gasteiger charge is -2.06. The second kappa shape index (κ2) is 4.72. The summed E-state index contributed by atoms with van der Waals surface area (Å²) in [6.45, 7) is 0. The zero-order chi connectivity index (χ0) is 12.4. The monoisotopic (exact) mass is 241 g/mol. The molecule has 0 bridgehead atoms. The third kappa shape index (κ3) is 2.18. The van der Waals surface area contributed by atoms with E-state index < -0.39 is 0 Å². The zero-order valence-electron chi connectivity index (χ0n) is 10.1. The van der Waals surface area contributed by atoms with Crippen LogP contribution in [0.2, 0.25) is 0 Å². The first kappa shape index (κ1) is 11.1. The average molecular weight is 241 g/mol. The Kier molecular flexibility index (Phi) is 2.92. The van der Waals surface area contributed by atoms with Crippen LogP contribution < -0.4 is 5.32 Å². The van der Waals surface area contributed by atoms with Crippen molar-refractivity contribution in [1.82, 2.24) is 10.3 Å². The van der Waals surface area contributed by atoms with Crippen LogP contribution in [0.1, 0.15) is 31.2 Å². The van der Waals surface area contributed by atoms with Gasteiger partial charge in [-0.1, -0.05) is 18.9 Å². The number of aliphatic imine (C=N–C) groups is 1. The summed E-state index contributed by atoms with van der Waals surface area (Å²) in [5.41, 5.74) is 1.39. The first-order valence-corrected chi connectivity index (χ1v) is 6.34. The van der Waals surface area contributed by atoms with E-state index >= 15 is 0 Å². The van der Waals surface area contributed by atoms with Crippen LogP contribution in [-0.2, 0) is 4.79 Å². The molecule has 1 aliphatic carbocycles. The first-order valence-electron chi connectivity index (χ1n) is 6.34. The van der Waals surface area contributed by atoms with Crippen LogP contribution in [0.4, 0.5) is 0 Å². The predicted octanol–water partition coefficient (Wildman–Crippen LogP) is 2.14. The molecule has 0 unspecified atom stereocenters. The summed E-state index contributed by atoms with van der Waals surface area (Å²) in [6.07, 6.45) is 9.97. The molecule has 3 rings (SSSR count). The number of rotatable bonds is 2. The molecule has 1 aliphatic heterocycles. The number of carbonyl (C=O) groups is 1. The molecular weight excluding hydrogens is 226 g/mol. The fourth-order valence-corrected chi connectivity index (χ4v) is 2.50. The van der Waals surface area contributed by atoms with Crippen LogP contribution in [0, 0.1) is 5.92 Å². The molecule has 0 spiro atoms. The molecule has 2 aliphatic rings. The molecule has 1 aromatic heterocycles. The highest BCUT2D eigenvalue weighted by Crippen LogP contribution is 2.27. The highest BCUT2D eigenvalue weighted by Gasteiger charge is 2.28. The minimum Gasteiger partial charge on any atom is -0.308 e. The molecule has 0 radical (unpaired) electrons. The van der Waals surface area contributed by atoms with Gasteiger partial charge in [0.1, 0.15) is 11.5 Å². The van der Waals surface area contributed by atoms with Gasteiger partial charge in [-0.2, -0.15) is 0 Å². The van der Waals surface area contributed by atoms with Crippen molar-refractivity contribution in [2.75, 3.05) is 0 Å². The maximum Gasteiger partial charge on any atom is 0.275 e. The van der Waals surface area contributed by atoms with Crippen molar-refractivity contribution < 1.29 is 4.79 Å². The summed E-state index contributed by atoms with van der Waals surface area (Å²) in [4.78, 5) is 20.3. The second-order valence-corrected chi connectivity index (χ2v) is 4.75. The fraction of sp³-hybridized carbons (Fsp3) is 0.357. The molecule has 4 nitrogen and oxygen atoms in total. The van der Waals surface area contributed by atoms with Crippen molar-refractivity contribution >= 4 is 17.8 Å². The summed E-state index contributed by atoms with van der Waals surface area (Å²) in [5.74, 6) is 1.20. The molecule has 1 fully saturated rings. The molecule has 2 heterocycles. The lowest BCUT2D eigenvalue weighted by atomic mass is 10.1. The largest absolute Gasteiger partial charge is 0.308 e.